The molecule has 17 heavy (non-hydrogen) atoms. The van der Waals surface area contributed by atoms with E-state index in [0.717, 1.165) is 18.7 Å². The van der Waals surface area contributed by atoms with Gasteiger partial charge in [0.2, 0.25) is 5.91 Å². The number of amides is 1. The van der Waals surface area contributed by atoms with Gasteiger partial charge in [0, 0.05) is 18.3 Å². The number of fused-ring (bicyclic) bond motifs is 1. The van der Waals surface area contributed by atoms with Gasteiger partial charge in [0.25, 0.3) is 0 Å². The highest BCUT2D eigenvalue weighted by Crippen LogP contribution is 2.28. The van der Waals surface area contributed by atoms with E-state index >= 15 is 0 Å². The van der Waals surface area contributed by atoms with Crippen molar-refractivity contribution in [3.05, 3.63) is 29.3 Å². The number of carbonyl (C=O) groups is 1. The molecule has 0 bridgehead atoms. The minimum atomic E-state index is -0.274. The van der Waals surface area contributed by atoms with Crippen LogP contribution in [0.3, 0.4) is 0 Å². The predicted molar refractivity (Wildman–Crippen MR) is 68.2 cm³/mol. The van der Waals surface area contributed by atoms with Gasteiger partial charge in [0.1, 0.15) is 0 Å². The van der Waals surface area contributed by atoms with Gasteiger partial charge in [-0.1, -0.05) is 12.1 Å². The molecule has 1 aliphatic heterocycles. The van der Waals surface area contributed by atoms with E-state index < -0.39 is 0 Å². The van der Waals surface area contributed by atoms with Gasteiger partial charge in [-0.25, -0.2) is 0 Å². The molecule has 1 heterocycles. The number of anilines is 1. The fraction of sp³-hybridized carbons (Fsp3) is 0.462. The molecule has 92 valence electrons. The van der Waals surface area contributed by atoms with Crippen molar-refractivity contribution in [1.29, 1.82) is 0 Å². The normalized spacial score (nSPS) is 21.9. The fourth-order valence-corrected chi connectivity index (χ4v) is 2.50. The van der Waals surface area contributed by atoms with Crippen molar-refractivity contribution >= 4 is 11.6 Å². The lowest BCUT2D eigenvalue weighted by atomic mass is 9.92. The quantitative estimate of drug-likeness (QED) is 0.745. The lowest BCUT2D eigenvalue weighted by Crippen LogP contribution is -2.49. The largest absolute Gasteiger partial charge is 0.398 e. The van der Waals surface area contributed by atoms with Crippen molar-refractivity contribution in [2.75, 3.05) is 5.73 Å². The highest BCUT2D eigenvalue weighted by atomic mass is 16.1. The summed E-state index contributed by atoms with van der Waals surface area (Å²) in [4.78, 5) is 13.4. The van der Waals surface area contributed by atoms with Crippen LogP contribution in [0.15, 0.2) is 18.2 Å². The molecule has 0 radical (unpaired) electrons. The molecule has 4 N–H and O–H groups in total. The van der Waals surface area contributed by atoms with Crippen molar-refractivity contribution in [3.8, 4) is 0 Å². The lowest BCUT2D eigenvalue weighted by molar-refractivity contribution is -0.123. The summed E-state index contributed by atoms with van der Waals surface area (Å²) in [5.41, 5.74) is 14.6. The van der Waals surface area contributed by atoms with E-state index in [4.69, 9.17) is 11.5 Å². The van der Waals surface area contributed by atoms with Crippen LogP contribution in [0.4, 0.5) is 5.69 Å². The van der Waals surface area contributed by atoms with Crippen LogP contribution < -0.4 is 11.5 Å². The monoisotopic (exact) mass is 233 g/mol. The van der Waals surface area contributed by atoms with E-state index in [1.807, 2.05) is 19.1 Å². The summed E-state index contributed by atoms with van der Waals surface area (Å²) in [5, 5.41) is 0. The summed E-state index contributed by atoms with van der Waals surface area (Å²) in [5.74, 6) is -0.274. The van der Waals surface area contributed by atoms with E-state index in [0.29, 0.717) is 0 Å². The van der Waals surface area contributed by atoms with Gasteiger partial charge in [-0.15, -0.1) is 0 Å². The van der Waals surface area contributed by atoms with Crippen LogP contribution in [-0.4, -0.2) is 22.9 Å². The van der Waals surface area contributed by atoms with Crippen LogP contribution in [0, 0.1) is 0 Å². The third-order valence-corrected chi connectivity index (χ3v) is 3.64. The predicted octanol–water partition coefficient (Wildman–Crippen LogP) is 0.889. The first-order valence-corrected chi connectivity index (χ1v) is 5.92. The van der Waals surface area contributed by atoms with Crippen LogP contribution in [0.25, 0.3) is 0 Å². The molecule has 0 fully saturated rings. The molecule has 2 atom stereocenters. The smallest absolute Gasteiger partial charge is 0.234 e. The van der Waals surface area contributed by atoms with E-state index in [2.05, 4.69) is 17.9 Å². The summed E-state index contributed by atoms with van der Waals surface area (Å²) < 4.78 is 0. The minimum Gasteiger partial charge on any atom is -0.398 e. The zero-order valence-corrected chi connectivity index (χ0v) is 10.3. The van der Waals surface area contributed by atoms with Gasteiger partial charge in [0.15, 0.2) is 0 Å². The van der Waals surface area contributed by atoms with Gasteiger partial charge in [0.05, 0.1) is 6.04 Å². The summed E-state index contributed by atoms with van der Waals surface area (Å²) in [6.07, 6.45) is 0.875. The molecular formula is C13H19N3O. The Kier molecular flexibility index (Phi) is 3.07. The number of primary amides is 1. The minimum absolute atomic E-state index is 0.236. The molecule has 1 aliphatic rings. The molecule has 4 heteroatoms. The van der Waals surface area contributed by atoms with Crippen molar-refractivity contribution < 1.29 is 4.79 Å². The third kappa shape index (κ3) is 2.13. The van der Waals surface area contributed by atoms with Gasteiger partial charge in [-0.3, -0.25) is 9.69 Å². The maximum Gasteiger partial charge on any atom is 0.234 e. The Hall–Kier alpha value is -1.55. The number of carbonyl (C=O) groups excluding carboxylic acids is 1. The Bertz CT molecular complexity index is 444. The molecule has 0 saturated carbocycles. The molecule has 1 aromatic carbocycles. The van der Waals surface area contributed by atoms with E-state index in [9.17, 15) is 4.79 Å². The topological polar surface area (TPSA) is 72.3 Å². The number of benzene rings is 1. The Morgan fingerprint density at radius 3 is 2.88 bits per heavy atom. The van der Waals surface area contributed by atoms with Crippen molar-refractivity contribution in [3.63, 3.8) is 0 Å². The number of hydrogen-bond acceptors (Lipinski definition) is 3. The van der Waals surface area contributed by atoms with Crippen LogP contribution in [0.1, 0.15) is 25.0 Å². The Morgan fingerprint density at radius 2 is 2.24 bits per heavy atom. The zero-order chi connectivity index (χ0) is 12.6. The van der Waals surface area contributed by atoms with Gasteiger partial charge in [-0.05, 0) is 37.5 Å². The summed E-state index contributed by atoms with van der Waals surface area (Å²) in [7, 11) is 0. The highest BCUT2D eigenvalue weighted by molar-refractivity contribution is 5.79. The highest BCUT2D eigenvalue weighted by Gasteiger charge is 2.29. The van der Waals surface area contributed by atoms with Crippen molar-refractivity contribution in [2.24, 2.45) is 5.73 Å². The van der Waals surface area contributed by atoms with Gasteiger partial charge in [-0.2, -0.15) is 0 Å². The molecular weight excluding hydrogens is 214 g/mol. The van der Waals surface area contributed by atoms with Crippen LogP contribution in [-0.2, 0) is 17.8 Å². The number of hydrogen-bond donors (Lipinski definition) is 2. The van der Waals surface area contributed by atoms with Crippen LogP contribution >= 0.6 is 0 Å². The molecule has 2 unspecified atom stereocenters. The van der Waals surface area contributed by atoms with Crippen molar-refractivity contribution in [2.45, 2.75) is 38.9 Å². The third-order valence-electron chi connectivity index (χ3n) is 3.64. The Balaban J connectivity index is 2.30. The first-order chi connectivity index (χ1) is 8.00. The SMILES string of the molecule is CC1Cc2c(N)cccc2CN1C(C)C(N)=O. The maximum absolute atomic E-state index is 11.3. The Labute approximate surface area is 102 Å². The van der Waals surface area contributed by atoms with E-state index in [-0.39, 0.29) is 18.0 Å². The molecule has 1 amide bonds. The van der Waals surface area contributed by atoms with E-state index in [1.165, 1.54) is 11.1 Å². The first-order valence-electron chi connectivity index (χ1n) is 5.92. The summed E-state index contributed by atoms with van der Waals surface area (Å²) in [6, 6.07) is 6.00. The maximum atomic E-state index is 11.3. The van der Waals surface area contributed by atoms with Crippen LogP contribution in [0.5, 0.6) is 0 Å². The first kappa shape index (κ1) is 11.9. The van der Waals surface area contributed by atoms with E-state index in [1.54, 1.807) is 0 Å². The molecule has 0 spiro atoms. The lowest BCUT2D eigenvalue weighted by Gasteiger charge is -2.38. The second-order valence-corrected chi connectivity index (χ2v) is 4.79. The summed E-state index contributed by atoms with van der Waals surface area (Å²) >= 11 is 0. The average molecular weight is 233 g/mol. The molecule has 0 aromatic heterocycles. The number of nitrogen functional groups attached to an aromatic ring is 1. The average Bonchev–Trinajstić information content (AvgIpc) is 2.28. The number of nitrogens with zero attached hydrogens (tertiary/aromatic N) is 1. The molecule has 0 saturated heterocycles. The second-order valence-electron chi connectivity index (χ2n) is 4.79. The standard InChI is InChI=1S/C13H19N3O/c1-8-6-11-10(4-3-5-12(11)14)7-16(8)9(2)13(15)17/h3-5,8-9H,6-7,14H2,1-2H3,(H2,15,17). The Morgan fingerprint density at radius 1 is 1.53 bits per heavy atom. The number of nitrogens with two attached hydrogens (primary N) is 2. The van der Waals surface area contributed by atoms with Crippen molar-refractivity contribution in [1.82, 2.24) is 4.90 Å². The van der Waals surface area contributed by atoms with Crippen LogP contribution in [0.2, 0.25) is 0 Å². The molecule has 2 rings (SSSR count). The summed E-state index contributed by atoms with van der Waals surface area (Å²) in [6.45, 7) is 4.70. The fourth-order valence-electron chi connectivity index (χ4n) is 2.50. The van der Waals surface area contributed by atoms with Gasteiger partial charge >= 0.3 is 0 Å². The second kappa shape index (κ2) is 4.37. The number of rotatable bonds is 2. The molecule has 1 aromatic rings. The van der Waals surface area contributed by atoms with Gasteiger partial charge < -0.3 is 11.5 Å². The zero-order valence-electron chi connectivity index (χ0n) is 10.3. The molecule has 4 nitrogen and oxygen atoms in total. The molecule has 0 aliphatic carbocycles.